The highest BCUT2D eigenvalue weighted by Gasteiger charge is 2.14. The van der Waals surface area contributed by atoms with Crippen molar-refractivity contribution in [2.45, 2.75) is 53.6 Å². The Labute approximate surface area is 121 Å². The fourth-order valence-corrected chi connectivity index (χ4v) is 2.97. The van der Waals surface area contributed by atoms with Crippen LogP contribution in [-0.4, -0.2) is 9.78 Å². The highest BCUT2D eigenvalue weighted by molar-refractivity contribution is 5.31. The smallest absolute Gasteiger partial charge is 0.0669 e. The van der Waals surface area contributed by atoms with Gasteiger partial charge in [-0.25, -0.2) is 0 Å². The van der Waals surface area contributed by atoms with Gasteiger partial charge in [0.1, 0.15) is 0 Å². The summed E-state index contributed by atoms with van der Waals surface area (Å²) in [5, 5.41) is 4.76. The first-order valence-corrected chi connectivity index (χ1v) is 7.43. The van der Waals surface area contributed by atoms with Crippen molar-refractivity contribution in [3.05, 3.63) is 51.8 Å². The molecule has 0 amide bonds. The van der Waals surface area contributed by atoms with Crippen LogP contribution >= 0.6 is 0 Å². The fraction of sp³-hybridized carbons (Fsp3) is 0.471. The van der Waals surface area contributed by atoms with E-state index in [-0.39, 0.29) is 0 Å². The minimum Gasteiger partial charge on any atom is -0.326 e. The average molecular weight is 271 g/mol. The van der Waals surface area contributed by atoms with Crippen LogP contribution in [0.4, 0.5) is 0 Å². The van der Waals surface area contributed by atoms with Crippen LogP contribution in [0.15, 0.2) is 18.2 Å². The summed E-state index contributed by atoms with van der Waals surface area (Å²) in [4.78, 5) is 0. The van der Waals surface area contributed by atoms with Crippen LogP contribution in [-0.2, 0) is 25.9 Å². The Balaban J connectivity index is 2.40. The topological polar surface area (TPSA) is 43.8 Å². The third kappa shape index (κ3) is 2.93. The molecule has 1 heterocycles. The van der Waals surface area contributed by atoms with Crippen LogP contribution in [0.2, 0.25) is 0 Å². The van der Waals surface area contributed by atoms with Crippen LogP contribution < -0.4 is 5.73 Å². The molecule has 0 radical (unpaired) electrons. The summed E-state index contributed by atoms with van der Waals surface area (Å²) in [6.07, 6.45) is 1.92. The summed E-state index contributed by atoms with van der Waals surface area (Å²) in [6, 6.07) is 6.68. The summed E-state index contributed by atoms with van der Waals surface area (Å²) in [7, 11) is 0. The molecule has 2 rings (SSSR count). The summed E-state index contributed by atoms with van der Waals surface area (Å²) < 4.78 is 2.13. The Morgan fingerprint density at radius 1 is 1.05 bits per heavy atom. The minimum absolute atomic E-state index is 0.583. The van der Waals surface area contributed by atoms with E-state index in [9.17, 15) is 0 Å². The Morgan fingerprint density at radius 2 is 1.70 bits per heavy atom. The van der Waals surface area contributed by atoms with Crippen molar-refractivity contribution in [2.75, 3.05) is 0 Å². The third-order valence-corrected chi connectivity index (χ3v) is 3.74. The highest BCUT2D eigenvalue weighted by atomic mass is 15.3. The number of nitrogens with two attached hydrogens (primary N) is 1. The molecular weight excluding hydrogens is 246 g/mol. The lowest BCUT2D eigenvalue weighted by Gasteiger charge is -2.09. The average Bonchev–Trinajstić information content (AvgIpc) is 2.74. The molecule has 2 aromatic rings. The molecule has 0 aliphatic rings. The zero-order valence-corrected chi connectivity index (χ0v) is 13.0. The summed E-state index contributed by atoms with van der Waals surface area (Å²) >= 11 is 0. The lowest BCUT2D eigenvalue weighted by Crippen LogP contribution is -2.08. The molecule has 0 fully saturated rings. The zero-order chi connectivity index (χ0) is 14.7. The second kappa shape index (κ2) is 6.23. The molecule has 0 saturated heterocycles. The second-order valence-corrected chi connectivity index (χ2v) is 5.44. The molecule has 3 heteroatoms. The Kier molecular flexibility index (Phi) is 4.61. The van der Waals surface area contributed by atoms with Gasteiger partial charge in [-0.05, 0) is 32.3 Å². The van der Waals surface area contributed by atoms with Gasteiger partial charge >= 0.3 is 0 Å². The predicted octanol–water partition coefficient (Wildman–Crippen LogP) is 3.13. The van der Waals surface area contributed by atoms with Crippen molar-refractivity contribution in [3.63, 3.8) is 0 Å². The predicted molar refractivity (Wildman–Crippen MR) is 83.9 cm³/mol. The summed E-state index contributed by atoms with van der Waals surface area (Å²) in [6.45, 7) is 10.0. The van der Waals surface area contributed by atoms with E-state index in [0.717, 1.165) is 25.1 Å². The lowest BCUT2D eigenvalue weighted by molar-refractivity contribution is 0.639. The Morgan fingerprint density at radius 3 is 2.20 bits per heavy atom. The molecule has 1 aromatic heterocycles. The molecule has 20 heavy (non-hydrogen) atoms. The van der Waals surface area contributed by atoms with Gasteiger partial charge in [-0.3, -0.25) is 4.68 Å². The highest BCUT2D eigenvalue weighted by Crippen LogP contribution is 2.18. The molecular formula is C17H25N3. The number of aromatic nitrogens is 2. The third-order valence-electron chi connectivity index (χ3n) is 3.74. The monoisotopic (exact) mass is 271 g/mol. The summed E-state index contributed by atoms with van der Waals surface area (Å²) in [5.41, 5.74) is 13.5. The number of benzene rings is 1. The largest absolute Gasteiger partial charge is 0.326 e. The van der Waals surface area contributed by atoms with Gasteiger partial charge in [0.25, 0.3) is 0 Å². The molecule has 1 aromatic carbocycles. The van der Waals surface area contributed by atoms with E-state index in [4.69, 9.17) is 10.8 Å². The van der Waals surface area contributed by atoms with Crippen molar-refractivity contribution in [3.8, 4) is 0 Å². The van der Waals surface area contributed by atoms with Gasteiger partial charge in [-0.1, -0.05) is 43.2 Å². The lowest BCUT2D eigenvalue weighted by atomic mass is 10.1. The van der Waals surface area contributed by atoms with Crippen molar-refractivity contribution in [2.24, 2.45) is 5.73 Å². The van der Waals surface area contributed by atoms with Gasteiger partial charge < -0.3 is 5.73 Å². The SMILES string of the molecule is CCc1nn(Cc2cc(C)cc(C)c2)c(CC)c1CN. The minimum atomic E-state index is 0.583. The van der Waals surface area contributed by atoms with Crippen molar-refractivity contribution in [1.29, 1.82) is 0 Å². The van der Waals surface area contributed by atoms with Crippen LogP contribution in [0, 0.1) is 13.8 Å². The second-order valence-electron chi connectivity index (χ2n) is 5.44. The zero-order valence-electron chi connectivity index (χ0n) is 13.0. The number of nitrogens with zero attached hydrogens (tertiary/aromatic N) is 2. The van der Waals surface area contributed by atoms with Crippen molar-refractivity contribution in [1.82, 2.24) is 9.78 Å². The first kappa shape index (κ1) is 14.8. The fourth-order valence-electron chi connectivity index (χ4n) is 2.97. The quantitative estimate of drug-likeness (QED) is 0.908. The number of rotatable bonds is 5. The number of hydrogen-bond donors (Lipinski definition) is 1. The molecule has 0 unspecified atom stereocenters. The van der Waals surface area contributed by atoms with Gasteiger partial charge in [0, 0.05) is 17.8 Å². The molecule has 0 saturated carbocycles. The van der Waals surface area contributed by atoms with Crippen LogP contribution in [0.1, 0.15) is 47.5 Å². The molecule has 0 aliphatic heterocycles. The Hall–Kier alpha value is -1.61. The Bertz CT molecular complexity index is 576. The molecule has 3 nitrogen and oxygen atoms in total. The van der Waals surface area contributed by atoms with Crippen LogP contribution in [0.5, 0.6) is 0 Å². The standard InChI is InChI=1S/C17H25N3/c1-5-16-15(10-18)17(6-2)20(19-16)11-14-8-12(3)7-13(4)9-14/h7-9H,5-6,10-11,18H2,1-4H3. The first-order chi connectivity index (χ1) is 9.58. The van der Waals surface area contributed by atoms with E-state index >= 15 is 0 Å². The molecule has 0 bridgehead atoms. The van der Waals surface area contributed by atoms with Crippen LogP contribution in [0.25, 0.3) is 0 Å². The maximum atomic E-state index is 5.90. The molecule has 0 atom stereocenters. The maximum absolute atomic E-state index is 5.90. The van der Waals surface area contributed by atoms with E-state index in [0.29, 0.717) is 6.54 Å². The van der Waals surface area contributed by atoms with E-state index in [1.165, 1.54) is 27.9 Å². The molecule has 2 N–H and O–H groups in total. The van der Waals surface area contributed by atoms with Gasteiger partial charge in [-0.15, -0.1) is 0 Å². The molecule has 0 aliphatic carbocycles. The van der Waals surface area contributed by atoms with E-state index < -0.39 is 0 Å². The van der Waals surface area contributed by atoms with Gasteiger partial charge in [0.15, 0.2) is 0 Å². The maximum Gasteiger partial charge on any atom is 0.0669 e. The van der Waals surface area contributed by atoms with E-state index in [1.807, 2.05) is 0 Å². The van der Waals surface area contributed by atoms with Crippen molar-refractivity contribution < 1.29 is 0 Å². The van der Waals surface area contributed by atoms with Gasteiger partial charge in [0.2, 0.25) is 0 Å². The van der Waals surface area contributed by atoms with Crippen LogP contribution in [0.3, 0.4) is 0 Å². The first-order valence-electron chi connectivity index (χ1n) is 7.43. The normalized spacial score (nSPS) is 11.1. The van der Waals surface area contributed by atoms with E-state index in [1.54, 1.807) is 0 Å². The number of aryl methyl sites for hydroxylation is 3. The van der Waals surface area contributed by atoms with Gasteiger partial charge in [-0.2, -0.15) is 5.10 Å². The van der Waals surface area contributed by atoms with Crippen molar-refractivity contribution >= 4 is 0 Å². The van der Waals surface area contributed by atoms with Gasteiger partial charge in [0.05, 0.1) is 12.2 Å². The van der Waals surface area contributed by atoms with E-state index in [2.05, 4.69) is 50.6 Å². The molecule has 0 spiro atoms. The molecule has 108 valence electrons. The summed E-state index contributed by atoms with van der Waals surface area (Å²) in [5.74, 6) is 0. The number of hydrogen-bond acceptors (Lipinski definition) is 2.